The smallest absolute Gasteiger partial charge is 0.0297 e. The van der Waals surface area contributed by atoms with Crippen LogP contribution in [-0.4, -0.2) is 0 Å². The fourth-order valence-electron chi connectivity index (χ4n) is 3.66. The molecule has 0 saturated heterocycles. The van der Waals surface area contributed by atoms with Gasteiger partial charge in [0.15, 0.2) is 0 Å². The highest BCUT2D eigenvalue weighted by Crippen LogP contribution is 2.44. The second-order valence-electron chi connectivity index (χ2n) is 6.03. The lowest BCUT2D eigenvalue weighted by molar-refractivity contribution is 0.141. The molecule has 0 atom stereocenters. The zero-order valence-electron chi connectivity index (χ0n) is 11.9. The van der Waals surface area contributed by atoms with Crippen molar-refractivity contribution in [2.45, 2.75) is 91.4 Å². The Morgan fingerprint density at radius 3 is 2.00 bits per heavy atom. The summed E-state index contributed by atoms with van der Waals surface area (Å²) in [4.78, 5) is 0. The van der Waals surface area contributed by atoms with E-state index in [1.165, 1.54) is 70.6 Å². The summed E-state index contributed by atoms with van der Waals surface area (Å²) in [6.07, 6.45) is 16.2. The van der Waals surface area contributed by atoms with Crippen molar-refractivity contribution in [2.24, 2.45) is 11.3 Å². The van der Waals surface area contributed by atoms with Crippen LogP contribution in [0.3, 0.4) is 0 Å². The van der Waals surface area contributed by atoms with E-state index in [2.05, 4.69) is 20.8 Å². The third kappa shape index (κ3) is 4.11. The maximum Gasteiger partial charge on any atom is -0.0297 e. The molecule has 16 heavy (non-hydrogen) atoms. The van der Waals surface area contributed by atoms with E-state index in [1.807, 2.05) is 0 Å². The van der Waals surface area contributed by atoms with Crippen molar-refractivity contribution in [3.05, 3.63) is 0 Å². The molecule has 1 aliphatic rings. The fourth-order valence-corrected chi connectivity index (χ4v) is 3.66. The van der Waals surface area contributed by atoms with Gasteiger partial charge in [0, 0.05) is 0 Å². The predicted octanol–water partition coefficient (Wildman–Crippen LogP) is 5.95. The highest BCUT2D eigenvalue weighted by Gasteiger charge is 2.30. The van der Waals surface area contributed by atoms with Gasteiger partial charge in [-0.2, -0.15) is 0 Å². The summed E-state index contributed by atoms with van der Waals surface area (Å²) in [5, 5.41) is 0. The normalized spacial score (nSPS) is 20.2. The van der Waals surface area contributed by atoms with Crippen molar-refractivity contribution in [3.8, 4) is 0 Å². The molecular formula is C16H32. The Morgan fingerprint density at radius 1 is 0.875 bits per heavy atom. The molecule has 0 aromatic carbocycles. The molecule has 1 rings (SSSR count). The first kappa shape index (κ1) is 14.1. The molecule has 0 aromatic rings. The summed E-state index contributed by atoms with van der Waals surface area (Å²) >= 11 is 0. The third-order valence-corrected chi connectivity index (χ3v) is 4.93. The minimum absolute atomic E-state index is 0.760. The van der Waals surface area contributed by atoms with E-state index in [9.17, 15) is 0 Å². The van der Waals surface area contributed by atoms with E-state index in [1.54, 1.807) is 0 Å². The number of rotatable bonds is 7. The van der Waals surface area contributed by atoms with Gasteiger partial charge >= 0.3 is 0 Å². The molecule has 0 unspecified atom stereocenters. The standard InChI is InChI=1S/C16H32/c1-4-11-16(12-8-7-9-13-16)14-10-15(5-2)6-3/h15H,4-14H2,1-3H3. The van der Waals surface area contributed by atoms with Crippen LogP contribution in [0.5, 0.6) is 0 Å². The molecule has 0 nitrogen and oxygen atoms in total. The van der Waals surface area contributed by atoms with Gasteiger partial charge < -0.3 is 0 Å². The van der Waals surface area contributed by atoms with Crippen molar-refractivity contribution >= 4 is 0 Å². The van der Waals surface area contributed by atoms with Crippen LogP contribution in [0.2, 0.25) is 0 Å². The zero-order valence-corrected chi connectivity index (χ0v) is 11.9. The second-order valence-corrected chi connectivity index (χ2v) is 6.03. The van der Waals surface area contributed by atoms with Crippen molar-refractivity contribution < 1.29 is 0 Å². The Morgan fingerprint density at radius 2 is 1.50 bits per heavy atom. The molecule has 0 heterocycles. The SMILES string of the molecule is CCCC1(CCC(CC)CC)CCCCC1. The van der Waals surface area contributed by atoms with E-state index < -0.39 is 0 Å². The van der Waals surface area contributed by atoms with Gasteiger partial charge in [0.2, 0.25) is 0 Å². The first-order chi connectivity index (χ1) is 7.76. The van der Waals surface area contributed by atoms with E-state index in [0.29, 0.717) is 0 Å². The summed E-state index contributed by atoms with van der Waals surface area (Å²) in [6.45, 7) is 7.09. The Balaban J connectivity index is 2.43. The van der Waals surface area contributed by atoms with Gasteiger partial charge in [-0.3, -0.25) is 0 Å². The first-order valence-electron chi connectivity index (χ1n) is 7.76. The first-order valence-corrected chi connectivity index (χ1v) is 7.76. The third-order valence-electron chi connectivity index (χ3n) is 4.93. The Hall–Kier alpha value is 0. The van der Waals surface area contributed by atoms with Crippen LogP contribution in [-0.2, 0) is 0 Å². The molecular weight excluding hydrogens is 192 g/mol. The second kappa shape index (κ2) is 7.35. The molecule has 0 aliphatic heterocycles. The van der Waals surface area contributed by atoms with Crippen LogP contribution < -0.4 is 0 Å². The fraction of sp³-hybridized carbons (Fsp3) is 1.00. The van der Waals surface area contributed by atoms with Crippen molar-refractivity contribution in [3.63, 3.8) is 0 Å². The molecule has 0 aromatic heterocycles. The largest absolute Gasteiger partial charge is 0.0654 e. The summed E-state index contributed by atoms with van der Waals surface area (Å²) in [5.41, 5.74) is 0.760. The van der Waals surface area contributed by atoms with Crippen LogP contribution in [0.1, 0.15) is 91.4 Å². The van der Waals surface area contributed by atoms with Gasteiger partial charge in [0.25, 0.3) is 0 Å². The van der Waals surface area contributed by atoms with E-state index in [-0.39, 0.29) is 0 Å². The number of hydrogen-bond donors (Lipinski definition) is 0. The van der Waals surface area contributed by atoms with Crippen molar-refractivity contribution in [1.29, 1.82) is 0 Å². The van der Waals surface area contributed by atoms with Crippen LogP contribution in [0.15, 0.2) is 0 Å². The maximum atomic E-state index is 2.37. The van der Waals surface area contributed by atoms with Gasteiger partial charge in [-0.15, -0.1) is 0 Å². The summed E-state index contributed by atoms with van der Waals surface area (Å²) in [5.74, 6) is 0.996. The summed E-state index contributed by atoms with van der Waals surface area (Å²) in [7, 11) is 0. The molecule has 1 aliphatic carbocycles. The highest BCUT2D eigenvalue weighted by molar-refractivity contribution is 4.83. The lowest BCUT2D eigenvalue weighted by Crippen LogP contribution is -2.24. The molecule has 0 amide bonds. The van der Waals surface area contributed by atoms with Crippen LogP contribution >= 0.6 is 0 Å². The predicted molar refractivity (Wildman–Crippen MR) is 73.7 cm³/mol. The maximum absolute atomic E-state index is 2.37. The molecule has 0 spiro atoms. The minimum Gasteiger partial charge on any atom is -0.0654 e. The van der Waals surface area contributed by atoms with Gasteiger partial charge in [-0.05, 0) is 43.4 Å². The molecule has 0 N–H and O–H groups in total. The summed E-state index contributed by atoms with van der Waals surface area (Å²) in [6, 6.07) is 0. The average Bonchev–Trinajstić information content (AvgIpc) is 2.32. The lowest BCUT2D eigenvalue weighted by atomic mass is 9.67. The quantitative estimate of drug-likeness (QED) is 0.501. The molecule has 1 saturated carbocycles. The highest BCUT2D eigenvalue weighted by atomic mass is 14.4. The van der Waals surface area contributed by atoms with Crippen molar-refractivity contribution in [1.82, 2.24) is 0 Å². The summed E-state index contributed by atoms with van der Waals surface area (Å²) < 4.78 is 0. The van der Waals surface area contributed by atoms with Gasteiger partial charge in [0.1, 0.15) is 0 Å². The van der Waals surface area contributed by atoms with Crippen LogP contribution in [0.4, 0.5) is 0 Å². The Kier molecular flexibility index (Phi) is 6.46. The molecule has 0 bridgehead atoms. The van der Waals surface area contributed by atoms with Crippen molar-refractivity contribution in [2.75, 3.05) is 0 Å². The van der Waals surface area contributed by atoms with Gasteiger partial charge in [-0.25, -0.2) is 0 Å². The van der Waals surface area contributed by atoms with E-state index in [0.717, 1.165) is 11.3 Å². The van der Waals surface area contributed by atoms with Gasteiger partial charge in [-0.1, -0.05) is 59.3 Å². The van der Waals surface area contributed by atoms with E-state index in [4.69, 9.17) is 0 Å². The Labute approximate surface area is 103 Å². The lowest BCUT2D eigenvalue weighted by Gasteiger charge is -2.38. The average molecular weight is 224 g/mol. The molecule has 96 valence electrons. The van der Waals surface area contributed by atoms with E-state index >= 15 is 0 Å². The zero-order chi connectivity index (χ0) is 11.9. The topological polar surface area (TPSA) is 0 Å². The Bertz CT molecular complexity index is 155. The molecule has 1 fully saturated rings. The van der Waals surface area contributed by atoms with Crippen LogP contribution in [0.25, 0.3) is 0 Å². The number of hydrogen-bond acceptors (Lipinski definition) is 0. The molecule has 0 heteroatoms. The van der Waals surface area contributed by atoms with Crippen LogP contribution in [0, 0.1) is 11.3 Å². The minimum atomic E-state index is 0.760. The monoisotopic (exact) mass is 224 g/mol. The van der Waals surface area contributed by atoms with Gasteiger partial charge in [0.05, 0.1) is 0 Å². The molecule has 0 radical (unpaired) electrons.